The predicted octanol–water partition coefficient (Wildman–Crippen LogP) is 1.86. The number of aliphatic imine (C=N–C) groups is 1. The first-order valence-corrected chi connectivity index (χ1v) is 8.74. The summed E-state index contributed by atoms with van der Waals surface area (Å²) in [5, 5.41) is 15.0. The van der Waals surface area contributed by atoms with E-state index in [1.54, 1.807) is 0 Å². The number of rotatable bonds is 7. The summed E-state index contributed by atoms with van der Waals surface area (Å²) in [6.45, 7) is 4.80. The molecule has 0 unspecified atom stereocenters. The van der Waals surface area contributed by atoms with Gasteiger partial charge in [-0.15, -0.1) is 10.2 Å². The largest absolute Gasteiger partial charge is 0.355 e. The van der Waals surface area contributed by atoms with Crippen molar-refractivity contribution in [2.45, 2.75) is 26.6 Å². The number of benzene rings is 1. The van der Waals surface area contributed by atoms with Gasteiger partial charge in [0.2, 0.25) is 0 Å². The lowest BCUT2D eigenvalue weighted by atomic mass is 10.2. The molecule has 0 spiro atoms. The maximum atomic E-state index is 4.69. The SMILES string of the molecule is Cc1nnc(CNC(=NCc2ccccc2)NCCn2cccc2)n1C. The topological polar surface area (TPSA) is 72.1 Å². The average molecular weight is 351 g/mol. The van der Waals surface area contributed by atoms with Gasteiger partial charge in [-0.25, -0.2) is 4.99 Å². The molecular weight excluding hydrogens is 326 g/mol. The van der Waals surface area contributed by atoms with Gasteiger partial charge in [-0.3, -0.25) is 0 Å². The second-order valence-electron chi connectivity index (χ2n) is 6.07. The van der Waals surface area contributed by atoms with Gasteiger partial charge < -0.3 is 19.8 Å². The van der Waals surface area contributed by atoms with Crippen LogP contribution in [0.25, 0.3) is 0 Å². The Morgan fingerprint density at radius 3 is 2.50 bits per heavy atom. The van der Waals surface area contributed by atoms with Gasteiger partial charge in [-0.05, 0) is 24.6 Å². The minimum absolute atomic E-state index is 0.571. The molecule has 7 nitrogen and oxygen atoms in total. The van der Waals surface area contributed by atoms with Crippen LogP contribution < -0.4 is 10.6 Å². The van der Waals surface area contributed by atoms with Gasteiger partial charge in [0, 0.05) is 32.5 Å². The van der Waals surface area contributed by atoms with Gasteiger partial charge in [-0.1, -0.05) is 30.3 Å². The fourth-order valence-corrected chi connectivity index (χ4v) is 2.52. The fraction of sp³-hybridized carbons (Fsp3) is 0.316. The van der Waals surface area contributed by atoms with Crippen molar-refractivity contribution >= 4 is 5.96 Å². The Labute approximate surface area is 153 Å². The molecule has 136 valence electrons. The molecule has 0 saturated heterocycles. The number of nitrogens with one attached hydrogen (secondary N) is 2. The Morgan fingerprint density at radius 1 is 1.04 bits per heavy atom. The minimum atomic E-state index is 0.571. The van der Waals surface area contributed by atoms with Crippen LogP contribution in [0.3, 0.4) is 0 Å². The molecule has 0 amide bonds. The van der Waals surface area contributed by atoms with Crippen molar-refractivity contribution in [3.63, 3.8) is 0 Å². The first-order chi connectivity index (χ1) is 12.7. The van der Waals surface area contributed by atoms with Gasteiger partial charge in [0.05, 0.1) is 13.1 Å². The van der Waals surface area contributed by atoms with E-state index in [9.17, 15) is 0 Å². The van der Waals surface area contributed by atoms with Crippen molar-refractivity contribution in [3.05, 3.63) is 72.1 Å². The Bertz CT molecular complexity index is 819. The number of hydrogen-bond donors (Lipinski definition) is 2. The van der Waals surface area contributed by atoms with E-state index in [1.165, 1.54) is 5.56 Å². The van der Waals surface area contributed by atoms with E-state index in [2.05, 4.69) is 49.9 Å². The van der Waals surface area contributed by atoms with Crippen molar-refractivity contribution in [3.8, 4) is 0 Å². The number of guanidine groups is 1. The Balaban J connectivity index is 1.60. The summed E-state index contributed by atoms with van der Waals surface area (Å²) in [6, 6.07) is 14.3. The molecule has 3 aromatic rings. The van der Waals surface area contributed by atoms with Gasteiger partial charge in [0.25, 0.3) is 0 Å². The predicted molar refractivity (Wildman–Crippen MR) is 103 cm³/mol. The van der Waals surface area contributed by atoms with Crippen LogP contribution in [0.5, 0.6) is 0 Å². The first kappa shape index (κ1) is 17.7. The highest BCUT2D eigenvalue weighted by Crippen LogP contribution is 2.01. The molecule has 0 aliphatic heterocycles. The summed E-state index contributed by atoms with van der Waals surface area (Å²) in [4.78, 5) is 4.69. The monoisotopic (exact) mass is 351 g/mol. The third-order valence-corrected chi connectivity index (χ3v) is 4.19. The summed E-state index contributed by atoms with van der Waals surface area (Å²) < 4.78 is 4.11. The third-order valence-electron chi connectivity index (χ3n) is 4.19. The molecular formula is C19H25N7. The molecule has 0 bridgehead atoms. The molecule has 2 heterocycles. The highest BCUT2D eigenvalue weighted by molar-refractivity contribution is 5.79. The van der Waals surface area contributed by atoms with E-state index in [0.717, 1.165) is 30.7 Å². The summed E-state index contributed by atoms with van der Waals surface area (Å²) in [6.07, 6.45) is 4.11. The molecule has 0 saturated carbocycles. The van der Waals surface area contributed by atoms with E-state index in [0.29, 0.717) is 13.1 Å². The molecule has 0 atom stereocenters. The molecule has 0 aliphatic rings. The van der Waals surface area contributed by atoms with Crippen LogP contribution >= 0.6 is 0 Å². The molecule has 0 aliphatic carbocycles. The number of hydrogen-bond acceptors (Lipinski definition) is 3. The fourth-order valence-electron chi connectivity index (χ4n) is 2.52. The zero-order valence-corrected chi connectivity index (χ0v) is 15.3. The Morgan fingerprint density at radius 2 is 1.81 bits per heavy atom. The molecule has 1 aromatic carbocycles. The van der Waals surface area contributed by atoms with Crippen LogP contribution in [-0.4, -0.2) is 31.8 Å². The van der Waals surface area contributed by atoms with Crippen LogP contribution in [0, 0.1) is 6.92 Å². The van der Waals surface area contributed by atoms with Gasteiger partial charge in [-0.2, -0.15) is 0 Å². The number of nitrogens with zero attached hydrogens (tertiary/aromatic N) is 5. The summed E-state index contributed by atoms with van der Waals surface area (Å²) in [5.41, 5.74) is 1.17. The van der Waals surface area contributed by atoms with Crippen LogP contribution in [0.4, 0.5) is 0 Å². The van der Waals surface area contributed by atoms with Gasteiger partial charge in [0.15, 0.2) is 11.8 Å². The summed E-state index contributed by atoms with van der Waals surface area (Å²) in [5.74, 6) is 2.54. The van der Waals surface area contributed by atoms with E-state index >= 15 is 0 Å². The molecule has 7 heteroatoms. The van der Waals surface area contributed by atoms with Crippen molar-refractivity contribution in [1.82, 2.24) is 30.0 Å². The molecule has 0 radical (unpaired) electrons. The second kappa shape index (κ2) is 8.84. The second-order valence-corrected chi connectivity index (χ2v) is 6.07. The Kier molecular flexibility index (Phi) is 6.03. The number of aromatic nitrogens is 4. The van der Waals surface area contributed by atoms with Crippen LogP contribution in [0.2, 0.25) is 0 Å². The van der Waals surface area contributed by atoms with E-state index in [4.69, 9.17) is 4.99 Å². The molecule has 26 heavy (non-hydrogen) atoms. The van der Waals surface area contributed by atoms with Gasteiger partial charge in [0.1, 0.15) is 5.82 Å². The van der Waals surface area contributed by atoms with Crippen molar-refractivity contribution in [2.24, 2.45) is 12.0 Å². The van der Waals surface area contributed by atoms with Crippen LogP contribution in [-0.2, 0) is 26.7 Å². The number of aryl methyl sites for hydroxylation is 1. The van der Waals surface area contributed by atoms with Crippen LogP contribution in [0.15, 0.2) is 59.9 Å². The quantitative estimate of drug-likeness (QED) is 0.503. The Hall–Kier alpha value is -3.09. The lowest BCUT2D eigenvalue weighted by Gasteiger charge is -2.13. The van der Waals surface area contributed by atoms with Crippen molar-refractivity contribution in [2.75, 3.05) is 6.54 Å². The van der Waals surface area contributed by atoms with Gasteiger partial charge >= 0.3 is 0 Å². The smallest absolute Gasteiger partial charge is 0.192 e. The summed E-state index contributed by atoms with van der Waals surface area (Å²) in [7, 11) is 1.96. The average Bonchev–Trinajstić information content (AvgIpc) is 3.29. The van der Waals surface area contributed by atoms with E-state index < -0.39 is 0 Å². The van der Waals surface area contributed by atoms with Crippen molar-refractivity contribution < 1.29 is 0 Å². The zero-order chi connectivity index (χ0) is 18.2. The summed E-state index contributed by atoms with van der Waals surface area (Å²) >= 11 is 0. The maximum Gasteiger partial charge on any atom is 0.192 e. The molecule has 2 aromatic heterocycles. The zero-order valence-electron chi connectivity index (χ0n) is 15.3. The standard InChI is InChI=1S/C19H25N7/c1-16-23-24-18(25(16)2)15-22-19(20-10-13-26-11-6-7-12-26)21-14-17-8-4-3-5-9-17/h3-9,11-12H,10,13-15H2,1-2H3,(H2,20,21,22). The highest BCUT2D eigenvalue weighted by atomic mass is 15.3. The molecule has 2 N–H and O–H groups in total. The third kappa shape index (κ3) is 4.95. The van der Waals surface area contributed by atoms with Crippen molar-refractivity contribution in [1.29, 1.82) is 0 Å². The highest BCUT2D eigenvalue weighted by Gasteiger charge is 2.06. The maximum absolute atomic E-state index is 4.69. The van der Waals surface area contributed by atoms with E-state index in [-0.39, 0.29) is 0 Å². The minimum Gasteiger partial charge on any atom is -0.355 e. The lowest BCUT2D eigenvalue weighted by Crippen LogP contribution is -2.39. The first-order valence-electron chi connectivity index (χ1n) is 8.74. The molecule has 3 rings (SSSR count). The molecule has 0 fully saturated rings. The normalized spacial score (nSPS) is 11.5. The lowest BCUT2D eigenvalue weighted by molar-refractivity contribution is 0.656. The van der Waals surface area contributed by atoms with Crippen LogP contribution in [0.1, 0.15) is 17.2 Å². The van der Waals surface area contributed by atoms with E-state index in [1.807, 2.05) is 48.9 Å².